The molecule has 0 amide bonds. The molecule has 1 aliphatic heterocycles. The van der Waals surface area contributed by atoms with Gasteiger partial charge in [0.1, 0.15) is 5.84 Å². The number of aliphatic hydroxyl groups excluding tert-OH is 1. The summed E-state index contributed by atoms with van der Waals surface area (Å²) in [7, 11) is 0. The van der Waals surface area contributed by atoms with Crippen molar-refractivity contribution in [1.29, 1.82) is 5.41 Å². The van der Waals surface area contributed by atoms with Crippen LogP contribution < -0.4 is 0 Å². The number of amidine groups is 1. The number of hydrogen-bond acceptors (Lipinski definition) is 3. The molecule has 0 spiro atoms. The van der Waals surface area contributed by atoms with Crippen molar-refractivity contribution in [3.63, 3.8) is 0 Å². The molecule has 86 valence electrons. The zero-order valence-electron chi connectivity index (χ0n) is 9.10. The van der Waals surface area contributed by atoms with E-state index in [0.717, 1.165) is 5.56 Å². The minimum absolute atomic E-state index is 0.0125. The van der Waals surface area contributed by atoms with Gasteiger partial charge in [0.25, 0.3) is 0 Å². The fraction of sp³-hybridized carbons (Fsp3) is 0.417. The molecule has 1 atom stereocenters. The molecule has 2 N–H and O–H groups in total. The molecule has 2 rings (SSSR count). The molecule has 0 aliphatic carbocycles. The molecule has 4 nitrogen and oxygen atoms in total. The maximum atomic E-state index is 9.04. The Morgan fingerprint density at radius 1 is 1.44 bits per heavy atom. The molecule has 16 heavy (non-hydrogen) atoms. The van der Waals surface area contributed by atoms with Crippen LogP contribution in [0.1, 0.15) is 5.56 Å². The van der Waals surface area contributed by atoms with Gasteiger partial charge in [0, 0.05) is 18.7 Å². The lowest BCUT2D eigenvalue weighted by Crippen LogP contribution is -2.46. The number of ether oxygens (including phenoxy) is 1. The van der Waals surface area contributed by atoms with Crippen LogP contribution in [0.5, 0.6) is 0 Å². The predicted octanol–water partition coefficient (Wildman–Crippen LogP) is 0.705. The van der Waals surface area contributed by atoms with E-state index in [0.29, 0.717) is 25.5 Å². The molecule has 1 fully saturated rings. The van der Waals surface area contributed by atoms with E-state index in [4.69, 9.17) is 15.3 Å². The van der Waals surface area contributed by atoms with Crippen molar-refractivity contribution < 1.29 is 9.84 Å². The van der Waals surface area contributed by atoms with Gasteiger partial charge in [-0.05, 0) is 0 Å². The number of aliphatic hydroxyl groups is 1. The molecule has 0 radical (unpaired) electrons. The molecular formula is C12H16N2O2. The Bertz CT molecular complexity index is 353. The fourth-order valence-electron chi connectivity index (χ4n) is 1.81. The molecule has 1 aromatic rings. The molecule has 4 heteroatoms. The average Bonchev–Trinajstić information content (AvgIpc) is 2.39. The molecule has 1 aromatic carbocycles. The van der Waals surface area contributed by atoms with E-state index in [1.54, 1.807) is 0 Å². The Balaban J connectivity index is 2.05. The summed E-state index contributed by atoms with van der Waals surface area (Å²) >= 11 is 0. The number of hydrogen-bond donors (Lipinski definition) is 2. The molecule has 1 unspecified atom stereocenters. The van der Waals surface area contributed by atoms with Gasteiger partial charge in [0.2, 0.25) is 0 Å². The topological polar surface area (TPSA) is 56.6 Å². The Hall–Kier alpha value is -1.39. The van der Waals surface area contributed by atoms with Crippen LogP contribution in [0.4, 0.5) is 0 Å². The number of rotatable bonds is 2. The zero-order chi connectivity index (χ0) is 11.4. The van der Waals surface area contributed by atoms with Crippen molar-refractivity contribution in [3.8, 4) is 0 Å². The normalized spacial score (nSPS) is 20.8. The third-order valence-electron chi connectivity index (χ3n) is 2.71. The molecule has 1 saturated heterocycles. The third-order valence-corrected chi connectivity index (χ3v) is 2.71. The van der Waals surface area contributed by atoms with Crippen molar-refractivity contribution in [2.75, 3.05) is 26.3 Å². The highest BCUT2D eigenvalue weighted by molar-refractivity contribution is 5.96. The number of nitrogens with one attached hydrogen (secondary N) is 1. The van der Waals surface area contributed by atoms with E-state index in [1.807, 2.05) is 35.2 Å². The first kappa shape index (κ1) is 11.1. The highest BCUT2D eigenvalue weighted by Crippen LogP contribution is 2.10. The van der Waals surface area contributed by atoms with Crippen LogP contribution in [-0.4, -0.2) is 48.2 Å². The maximum absolute atomic E-state index is 9.04. The zero-order valence-corrected chi connectivity index (χ0v) is 9.10. The van der Waals surface area contributed by atoms with E-state index in [1.165, 1.54) is 0 Å². The standard InChI is InChI=1S/C12H16N2O2/c13-12(10-4-2-1-3-5-10)14-6-7-16-11(8-14)9-15/h1-5,11,13,15H,6-9H2. The van der Waals surface area contributed by atoms with E-state index >= 15 is 0 Å². The Kier molecular flexibility index (Phi) is 3.54. The lowest BCUT2D eigenvalue weighted by Gasteiger charge is -2.33. The summed E-state index contributed by atoms with van der Waals surface area (Å²) in [6.07, 6.45) is -0.169. The highest BCUT2D eigenvalue weighted by Gasteiger charge is 2.22. The van der Waals surface area contributed by atoms with Crippen LogP contribution in [0.3, 0.4) is 0 Å². The second-order valence-corrected chi connectivity index (χ2v) is 3.84. The maximum Gasteiger partial charge on any atom is 0.128 e. The smallest absolute Gasteiger partial charge is 0.128 e. The van der Waals surface area contributed by atoms with E-state index < -0.39 is 0 Å². The minimum atomic E-state index is -0.169. The third kappa shape index (κ3) is 2.40. The summed E-state index contributed by atoms with van der Waals surface area (Å²) in [6, 6.07) is 9.63. The van der Waals surface area contributed by atoms with Crippen LogP contribution in [-0.2, 0) is 4.74 Å². The number of benzene rings is 1. The quantitative estimate of drug-likeness (QED) is 0.570. The summed E-state index contributed by atoms with van der Waals surface area (Å²) < 4.78 is 5.36. The van der Waals surface area contributed by atoms with Gasteiger partial charge in [0.15, 0.2) is 0 Å². The lowest BCUT2D eigenvalue weighted by atomic mass is 10.1. The SMILES string of the molecule is N=C(c1ccccc1)N1CCOC(CO)C1. The molecule has 0 saturated carbocycles. The first-order chi connectivity index (χ1) is 7.81. The summed E-state index contributed by atoms with van der Waals surface area (Å²) in [5.74, 6) is 0.502. The Morgan fingerprint density at radius 3 is 2.88 bits per heavy atom. The van der Waals surface area contributed by atoms with Crippen LogP contribution in [0.2, 0.25) is 0 Å². The first-order valence-corrected chi connectivity index (χ1v) is 5.42. The van der Waals surface area contributed by atoms with Gasteiger partial charge in [-0.15, -0.1) is 0 Å². The summed E-state index contributed by atoms with van der Waals surface area (Å²) in [4.78, 5) is 1.94. The molecule has 0 bridgehead atoms. The summed E-state index contributed by atoms with van der Waals surface area (Å²) in [5, 5.41) is 17.1. The van der Waals surface area contributed by atoms with Crippen molar-refractivity contribution in [2.24, 2.45) is 0 Å². The van der Waals surface area contributed by atoms with Crippen LogP contribution >= 0.6 is 0 Å². The van der Waals surface area contributed by atoms with E-state index in [-0.39, 0.29) is 12.7 Å². The van der Waals surface area contributed by atoms with Crippen LogP contribution in [0.15, 0.2) is 30.3 Å². The van der Waals surface area contributed by atoms with Crippen LogP contribution in [0, 0.1) is 5.41 Å². The van der Waals surface area contributed by atoms with Gasteiger partial charge in [0.05, 0.1) is 19.3 Å². The predicted molar refractivity (Wildman–Crippen MR) is 61.7 cm³/mol. The van der Waals surface area contributed by atoms with Gasteiger partial charge in [-0.2, -0.15) is 0 Å². The van der Waals surface area contributed by atoms with Crippen molar-refractivity contribution in [3.05, 3.63) is 35.9 Å². The monoisotopic (exact) mass is 220 g/mol. The van der Waals surface area contributed by atoms with Gasteiger partial charge < -0.3 is 14.7 Å². The van der Waals surface area contributed by atoms with Crippen molar-refractivity contribution in [1.82, 2.24) is 4.90 Å². The molecule has 1 aliphatic rings. The van der Waals surface area contributed by atoms with Gasteiger partial charge in [-0.1, -0.05) is 30.3 Å². The van der Waals surface area contributed by atoms with E-state index in [2.05, 4.69) is 0 Å². The van der Waals surface area contributed by atoms with Crippen molar-refractivity contribution >= 4 is 5.84 Å². The average molecular weight is 220 g/mol. The Morgan fingerprint density at radius 2 is 2.19 bits per heavy atom. The lowest BCUT2D eigenvalue weighted by molar-refractivity contribution is -0.0341. The van der Waals surface area contributed by atoms with Crippen molar-refractivity contribution in [2.45, 2.75) is 6.10 Å². The fourth-order valence-corrected chi connectivity index (χ4v) is 1.81. The number of morpholine rings is 1. The second-order valence-electron chi connectivity index (χ2n) is 3.84. The summed E-state index contributed by atoms with van der Waals surface area (Å²) in [6.45, 7) is 1.88. The largest absolute Gasteiger partial charge is 0.394 e. The van der Waals surface area contributed by atoms with Crippen LogP contribution in [0.25, 0.3) is 0 Å². The molecular weight excluding hydrogens is 204 g/mol. The second kappa shape index (κ2) is 5.09. The molecule has 1 heterocycles. The molecule has 0 aromatic heterocycles. The van der Waals surface area contributed by atoms with Gasteiger partial charge in [-0.3, -0.25) is 5.41 Å². The van der Waals surface area contributed by atoms with E-state index in [9.17, 15) is 0 Å². The highest BCUT2D eigenvalue weighted by atomic mass is 16.5. The summed E-state index contributed by atoms with van der Waals surface area (Å²) in [5.41, 5.74) is 0.904. The van der Waals surface area contributed by atoms with Gasteiger partial charge >= 0.3 is 0 Å². The first-order valence-electron chi connectivity index (χ1n) is 5.42. The minimum Gasteiger partial charge on any atom is -0.394 e. The number of nitrogens with zero attached hydrogens (tertiary/aromatic N) is 1. The van der Waals surface area contributed by atoms with Gasteiger partial charge in [-0.25, -0.2) is 0 Å². The Labute approximate surface area is 95.0 Å².